The van der Waals surface area contributed by atoms with Crippen molar-refractivity contribution in [2.45, 2.75) is 19.0 Å². The first kappa shape index (κ1) is 22.7. The van der Waals surface area contributed by atoms with Gasteiger partial charge in [0.05, 0.1) is 11.1 Å². The third-order valence-electron chi connectivity index (χ3n) is 5.27. The monoisotopic (exact) mass is 451 g/mol. The molecule has 1 fully saturated rings. The maximum absolute atomic E-state index is 12.9. The molecule has 1 N–H and O–H groups in total. The zero-order valence-corrected chi connectivity index (χ0v) is 17.3. The number of nitrogens with zero attached hydrogens (tertiary/aromatic N) is 4. The largest absolute Gasteiger partial charge is 0.433 e. The lowest BCUT2D eigenvalue weighted by molar-refractivity contribution is -0.140. The van der Waals surface area contributed by atoms with Gasteiger partial charge in [0.2, 0.25) is 0 Å². The maximum atomic E-state index is 12.9. The minimum absolute atomic E-state index is 0. The first-order chi connectivity index (χ1) is 14.4. The molecule has 3 aromatic rings. The zero-order chi connectivity index (χ0) is 21.1. The van der Waals surface area contributed by atoms with Gasteiger partial charge in [-0.3, -0.25) is 9.78 Å². The van der Waals surface area contributed by atoms with Gasteiger partial charge in [-0.2, -0.15) is 13.2 Å². The van der Waals surface area contributed by atoms with E-state index in [1.54, 1.807) is 24.5 Å². The highest BCUT2D eigenvalue weighted by molar-refractivity contribution is 5.94. The van der Waals surface area contributed by atoms with Crippen molar-refractivity contribution in [1.29, 1.82) is 0 Å². The fourth-order valence-electron chi connectivity index (χ4n) is 3.61. The van der Waals surface area contributed by atoms with Crippen LogP contribution in [-0.4, -0.2) is 45.4 Å². The van der Waals surface area contributed by atoms with Gasteiger partial charge in [0.25, 0.3) is 5.91 Å². The van der Waals surface area contributed by atoms with Crippen LogP contribution in [0.1, 0.15) is 28.9 Å². The summed E-state index contributed by atoms with van der Waals surface area (Å²) in [6.45, 7) is 1.93. The number of anilines is 1. The second-order valence-corrected chi connectivity index (χ2v) is 7.28. The van der Waals surface area contributed by atoms with Crippen molar-refractivity contribution in [3.05, 3.63) is 60.2 Å². The number of carbonyl (C=O) groups is 1. The molecule has 0 unspecified atom stereocenters. The Morgan fingerprint density at radius 2 is 1.90 bits per heavy atom. The molecule has 4 rings (SSSR count). The molecule has 0 aromatic carbocycles. The van der Waals surface area contributed by atoms with Crippen molar-refractivity contribution in [3.63, 3.8) is 0 Å². The predicted octanol–water partition coefficient (Wildman–Crippen LogP) is 4.43. The Hall–Kier alpha value is -2.94. The number of pyridine rings is 3. The molecule has 0 aliphatic carbocycles. The summed E-state index contributed by atoms with van der Waals surface area (Å²) in [6, 6.07) is 7.34. The van der Waals surface area contributed by atoms with Crippen molar-refractivity contribution < 1.29 is 18.0 Å². The third-order valence-corrected chi connectivity index (χ3v) is 5.27. The van der Waals surface area contributed by atoms with E-state index in [2.05, 4.69) is 20.3 Å². The molecule has 0 radical (unpaired) electrons. The summed E-state index contributed by atoms with van der Waals surface area (Å²) in [4.78, 5) is 26.3. The molecule has 1 aliphatic rings. The molecule has 10 heteroatoms. The predicted molar refractivity (Wildman–Crippen MR) is 113 cm³/mol. The number of carbonyl (C=O) groups excluding carboxylic acids is 1. The Balaban J connectivity index is 0.00000272. The summed E-state index contributed by atoms with van der Waals surface area (Å²) < 4.78 is 38.6. The molecule has 31 heavy (non-hydrogen) atoms. The van der Waals surface area contributed by atoms with E-state index in [0.29, 0.717) is 42.3 Å². The zero-order valence-electron chi connectivity index (χ0n) is 16.5. The number of hydrogen-bond donors (Lipinski definition) is 1. The van der Waals surface area contributed by atoms with Gasteiger partial charge in [0.15, 0.2) is 0 Å². The van der Waals surface area contributed by atoms with Crippen LogP contribution in [0.25, 0.3) is 10.9 Å². The minimum atomic E-state index is -4.48. The van der Waals surface area contributed by atoms with Crippen LogP contribution in [0.4, 0.5) is 19.0 Å². The van der Waals surface area contributed by atoms with Gasteiger partial charge < -0.3 is 10.2 Å². The lowest BCUT2D eigenvalue weighted by atomic mass is 9.96. The highest BCUT2D eigenvalue weighted by Gasteiger charge is 2.32. The van der Waals surface area contributed by atoms with Gasteiger partial charge in [0, 0.05) is 43.6 Å². The summed E-state index contributed by atoms with van der Waals surface area (Å²) in [5.41, 5.74) is -0.0863. The Labute approximate surface area is 183 Å². The van der Waals surface area contributed by atoms with Crippen molar-refractivity contribution in [2.24, 2.45) is 5.92 Å². The van der Waals surface area contributed by atoms with Crippen LogP contribution in [0, 0.1) is 5.92 Å². The van der Waals surface area contributed by atoms with E-state index in [0.717, 1.165) is 18.9 Å². The Morgan fingerprint density at radius 1 is 1.13 bits per heavy atom. The quantitative estimate of drug-likeness (QED) is 0.635. The summed E-state index contributed by atoms with van der Waals surface area (Å²) in [5, 5.41) is 3.80. The number of alkyl halides is 3. The number of hydrogen-bond acceptors (Lipinski definition) is 5. The van der Waals surface area contributed by atoms with E-state index in [1.807, 2.05) is 4.90 Å². The molecule has 6 nitrogen and oxygen atoms in total. The van der Waals surface area contributed by atoms with Crippen LogP contribution in [0.5, 0.6) is 0 Å². The van der Waals surface area contributed by atoms with Gasteiger partial charge in [-0.1, -0.05) is 0 Å². The first-order valence-corrected chi connectivity index (χ1v) is 9.68. The highest BCUT2D eigenvalue weighted by Crippen LogP contribution is 2.30. The van der Waals surface area contributed by atoms with E-state index in [9.17, 15) is 18.0 Å². The number of halogens is 4. The first-order valence-electron chi connectivity index (χ1n) is 9.68. The van der Waals surface area contributed by atoms with E-state index >= 15 is 0 Å². The Morgan fingerprint density at radius 3 is 2.58 bits per heavy atom. The summed E-state index contributed by atoms with van der Waals surface area (Å²) in [5.74, 6) is 0.835. The number of piperidine rings is 1. The average molecular weight is 452 g/mol. The molecule has 1 saturated heterocycles. The fourth-order valence-corrected chi connectivity index (χ4v) is 3.61. The van der Waals surface area contributed by atoms with Crippen LogP contribution in [0.15, 0.2) is 48.9 Å². The van der Waals surface area contributed by atoms with Gasteiger partial charge in [0.1, 0.15) is 11.5 Å². The van der Waals surface area contributed by atoms with Gasteiger partial charge >= 0.3 is 6.18 Å². The number of rotatable bonds is 4. The molecule has 0 atom stereocenters. The molecule has 4 heterocycles. The van der Waals surface area contributed by atoms with Crippen LogP contribution in [0.2, 0.25) is 0 Å². The van der Waals surface area contributed by atoms with Gasteiger partial charge in [-0.25, -0.2) is 9.97 Å². The van der Waals surface area contributed by atoms with E-state index in [-0.39, 0.29) is 23.8 Å². The standard InChI is InChI=1S/C21H20F3N5O.ClH/c22-21(23,24)18-4-3-16-17(28-18)5-9-26-19(16)27-12-14-6-10-29(11-7-14)20(30)15-2-1-8-25-13-15;/h1-5,8-9,13-14H,6-7,10-12H2,(H,26,27);1H. The van der Waals surface area contributed by atoms with Crippen LogP contribution in [-0.2, 0) is 6.18 Å². The van der Waals surface area contributed by atoms with Crippen LogP contribution in [0.3, 0.4) is 0 Å². The lowest BCUT2D eigenvalue weighted by Crippen LogP contribution is -2.40. The molecule has 3 aromatic heterocycles. The van der Waals surface area contributed by atoms with Crippen LogP contribution < -0.4 is 5.32 Å². The summed E-state index contributed by atoms with van der Waals surface area (Å²) in [6.07, 6.45) is 1.84. The van der Waals surface area contributed by atoms with E-state index in [4.69, 9.17) is 0 Å². The SMILES string of the molecule is Cl.O=C(c1cccnc1)N1CCC(CNc2nccc3nc(C(F)(F)F)ccc23)CC1. The van der Waals surface area contributed by atoms with Crippen molar-refractivity contribution >= 4 is 35.0 Å². The van der Waals surface area contributed by atoms with Gasteiger partial charge in [-0.15, -0.1) is 12.4 Å². The fraction of sp³-hybridized carbons (Fsp3) is 0.333. The molecular formula is C21H21ClF3N5O. The topological polar surface area (TPSA) is 71.0 Å². The Kier molecular flexibility index (Phi) is 6.94. The second-order valence-electron chi connectivity index (χ2n) is 7.28. The molecule has 1 amide bonds. The van der Waals surface area contributed by atoms with E-state index in [1.165, 1.54) is 18.3 Å². The van der Waals surface area contributed by atoms with Crippen molar-refractivity contribution in [2.75, 3.05) is 25.0 Å². The number of nitrogens with one attached hydrogen (secondary N) is 1. The molecular weight excluding hydrogens is 431 g/mol. The molecule has 0 saturated carbocycles. The second kappa shape index (κ2) is 9.47. The Bertz CT molecular complexity index is 1040. The summed E-state index contributed by atoms with van der Waals surface area (Å²) >= 11 is 0. The number of amides is 1. The molecule has 164 valence electrons. The maximum Gasteiger partial charge on any atom is 0.433 e. The minimum Gasteiger partial charge on any atom is -0.369 e. The van der Waals surface area contributed by atoms with Crippen LogP contribution >= 0.6 is 12.4 Å². The summed E-state index contributed by atoms with van der Waals surface area (Å²) in [7, 11) is 0. The third kappa shape index (κ3) is 5.22. The van der Waals surface area contributed by atoms with Crippen molar-refractivity contribution in [1.82, 2.24) is 19.9 Å². The number of fused-ring (bicyclic) bond motifs is 1. The average Bonchev–Trinajstić information content (AvgIpc) is 2.77. The van der Waals surface area contributed by atoms with Crippen molar-refractivity contribution in [3.8, 4) is 0 Å². The number of likely N-dealkylation sites (tertiary alicyclic amines) is 1. The molecule has 0 spiro atoms. The van der Waals surface area contributed by atoms with E-state index < -0.39 is 11.9 Å². The number of aromatic nitrogens is 3. The molecule has 1 aliphatic heterocycles. The normalized spacial score (nSPS) is 14.9. The highest BCUT2D eigenvalue weighted by atomic mass is 35.5. The van der Waals surface area contributed by atoms with Gasteiger partial charge in [-0.05, 0) is 49.1 Å². The molecule has 0 bridgehead atoms. The smallest absolute Gasteiger partial charge is 0.369 e. The lowest BCUT2D eigenvalue weighted by Gasteiger charge is -2.32.